The van der Waals surface area contributed by atoms with Gasteiger partial charge in [-0.1, -0.05) is 69.0 Å². The van der Waals surface area contributed by atoms with Crippen molar-refractivity contribution in [2.45, 2.75) is 64.6 Å². The lowest BCUT2D eigenvalue weighted by Gasteiger charge is -2.27. The molecule has 0 saturated carbocycles. The van der Waals surface area contributed by atoms with Crippen molar-refractivity contribution >= 4 is 17.1 Å². The van der Waals surface area contributed by atoms with Crippen molar-refractivity contribution in [3.63, 3.8) is 0 Å². The zero-order valence-corrected chi connectivity index (χ0v) is 18.7. The number of carbonyl (C=O) groups is 2. The Bertz CT molecular complexity index is 935. The van der Waals surface area contributed by atoms with Crippen LogP contribution in [0.5, 0.6) is 0 Å². The first-order valence-electron chi connectivity index (χ1n) is 10.1. The Morgan fingerprint density at radius 1 is 0.700 bits per heavy atom. The van der Waals surface area contributed by atoms with E-state index in [1.54, 1.807) is 24.3 Å². The summed E-state index contributed by atoms with van der Waals surface area (Å²) in [7, 11) is 0. The highest BCUT2D eigenvalue weighted by Gasteiger charge is 2.27. The highest BCUT2D eigenvalue weighted by Crippen LogP contribution is 2.34. The lowest BCUT2D eigenvalue weighted by Crippen LogP contribution is -2.31. The Kier molecular flexibility index (Phi) is 6.55. The van der Waals surface area contributed by atoms with Crippen LogP contribution in [0.15, 0.2) is 55.1 Å². The summed E-state index contributed by atoms with van der Waals surface area (Å²) in [5.41, 5.74) is 0.837. The lowest BCUT2D eigenvalue weighted by molar-refractivity contribution is 0.0487. The van der Waals surface area contributed by atoms with Crippen molar-refractivity contribution in [1.82, 2.24) is 0 Å². The summed E-state index contributed by atoms with van der Waals surface area (Å²) in [5.74, 6) is -0.627. The van der Waals surface area contributed by atoms with E-state index in [9.17, 15) is 19.8 Å². The molecule has 0 fully saturated rings. The molecule has 4 heteroatoms. The van der Waals surface area contributed by atoms with Gasteiger partial charge in [0, 0.05) is 11.1 Å². The number of carbonyl (C=O) groups excluding carboxylic acids is 2. The van der Waals surface area contributed by atoms with Crippen LogP contribution >= 0.6 is 0 Å². The van der Waals surface area contributed by atoms with Crippen LogP contribution in [0.25, 0.3) is 5.57 Å². The zero-order valence-electron chi connectivity index (χ0n) is 18.7. The van der Waals surface area contributed by atoms with Gasteiger partial charge in [0.15, 0.2) is 11.6 Å². The molecule has 0 radical (unpaired) electrons. The van der Waals surface area contributed by atoms with Crippen molar-refractivity contribution in [3.05, 3.63) is 77.4 Å². The number of benzene rings is 2. The SMILES string of the molecule is C=C(CC(C)(C)c1ccc(C(=O)C(C)(C)O)cc1)c1ccc(C(=O)C(C)(C)O)cc1. The van der Waals surface area contributed by atoms with E-state index in [-0.39, 0.29) is 17.0 Å². The lowest BCUT2D eigenvalue weighted by atomic mass is 9.77. The predicted octanol–water partition coefficient (Wildman–Crippen LogP) is 4.97. The second-order valence-corrected chi connectivity index (χ2v) is 9.60. The average molecular weight is 409 g/mol. The second-order valence-electron chi connectivity index (χ2n) is 9.60. The van der Waals surface area contributed by atoms with Crippen LogP contribution in [0.3, 0.4) is 0 Å². The van der Waals surface area contributed by atoms with Gasteiger partial charge in [0.2, 0.25) is 0 Å². The van der Waals surface area contributed by atoms with E-state index in [1.807, 2.05) is 24.3 Å². The first-order valence-corrected chi connectivity index (χ1v) is 10.1. The largest absolute Gasteiger partial charge is 0.382 e. The maximum Gasteiger partial charge on any atom is 0.193 e. The average Bonchev–Trinajstić information content (AvgIpc) is 2.65. The van der Waals surface area contributed by atoms with E-state index in [2.05, 4.69) is 20.4 Å². The van der Waals surface area contributed by atoms with E-state index in [0.717, 1.165) is 16.7 Å². The number of hydrogen-bond acceptors (Lipinski definition) is 4. The van der Waals surface area contributed by atoms with Crippen molar-refractivity contribution in [3.8, 4) is 0 Å². The smallest absolute Gasteiger partial charge is 0.193 e. The monoisotopic (exact) mass is 408 g/mol. The zero-order chi connectivity index (χ0) is 22.9. The van der Waals surface area contributed by atoms with Crippen molar-refractivity contribution in [1.29, 1.82) is 0 Å². The van der Waals surface area contributed by atoms with Crippen molar-refractivity contribution < 1.29 is 19.8 Å². The molecule has 0 amide bonds. The molecule has 0 aliphatic carbocycles. The summed E-state index contributed by atoms with van der Waals surface area (Å²) >= 11 is 0. The van der Waals surface area contributed by atoms with Crippen LogP contribution in [0.4, 0.5) is 0 Å². The molecule has 2 rings (SSSR count). The van der Waals surface area contributed by atoms with Crippen molar-refractivity contribution in [2.75, 3.05) is 0 Å². The molecule has 30 heavy (non-hydrogen) atoms. The topological polar surface area (TPSA) is 74.6 Å². The van der Waals surface area contributed by atoms with Gasteiger partial charge < -0.3 is 10.2 Å². The van der Waals surface area contributed by atoms with Gasteiger partial charge in [-0.2, -0.15) is 0 Å². The molecule has 0 heterocycles. The molecule has 0 atom stereocenters. The summed E-state index contributed by atoms with van der Waals surface area (Å²) in [4.78, 5) is 24.4. The Morgan fingerprint density at radius 2 is 1.03 bits per heavy atom. The van der Waals surface area contributed by atoms with E-state index in [0.29, 0.717) is 17.5 Å². The second kappa shape index (κ2) is 8.29. The quantitative estimate of drug-likeness (QED) is 0.605. The molecule has 2 aromatic rings. The van der Waals surface area contributed by atoms with Crippen LogP contribution in [-0.4, -0.2) is 33.0 Å². The highest BCUT2D eigenvalue weighted by molar-refractivity contribution is 6.02. The predicted molar refractivity (Wildman–Crippen MR) is 121 cm³/mol. The molecule has 0 spiro atoms. The van der Waals surface area contributed by atoms with Gasteiger partial charge in [0.25, 0.3) is 0 Å². The minimum Gasteiger partial charge on any atom is -0.382 e. The van der Waals surface area contributed by atoms with Gasteiger partial charge >= 0.3 is 0 Å². The van der Waals surface area contributed by atoms with Crippen LogP contribution in [0.1, 0.15) is 79.8 Å². The fourth-order valence-electron chi connectivity index (χ4n) is 3.37. The maximum atomic E-state index is 12.2. The molecule has 0 saturated heterocycles. The van der Waals surface area contributed by atoms with Gasteiger partial charge in [-0.25, -0.2) is 0 Å². The number of ketones is 2. The van der Waals surface area contributed by atoms with Crippen LogP contribution < -0.4 is 0 Å². The van der Waals surface area contributed by atoms with Gasteiger partial charge in [-0.3, -0.25) is 9.59 Å². The van der Waals surface area contributed by atoms with E-state index in [4.69, 9.17) is 0 Å². The van der Waals surface area contributed by atoms with Crippen LogP contribution in [0.2, 0.25) is 0 Å². The molecular formula is C26H32O4. The summed E-state index contributed by atoms with van der Waals surface area (Å²) < 4.78 is 0. The first kappa shape index (κ1) is 23.7. The Labute approximate surface area is 179 Å². The van der Waals surface area contributed by atoms with Gasteiger partial charge in [0.05, 0.1) is 0 Å². The van der Waals surface area contributed by atoms with Gasteiger partial charge in [0.1, 0.15) is 11.2 Å². The number of allylic oxidation sites excluding steroid dienone is 1. The fraction of sp³-hybridized carbons (Fsp3) is 0.385. The van der Waals surface area contributed by atoms with Crippen LogP contribution in [0, 0.1) is 0 Å². The summed E-state index contributed by atoms with van der Waals surface area (Å²) in [6.45, 7) is 14.4. The molecule has 0 aromatic heterocycles. The Morgan fingerprint density at radius 3 is 1.40 bits per heavy atom. The number of Topliss-reactive ketones (excluding diaryl/α,β-unsaturated/α-hetero) is 2. The number of rotatable bonds is 8. The number of aliphatic hydroxyl groups is 2. The summed E-state index contributed by atoms with van der Waals surface area (Å²) in [6, 6.07) is 14.4. The molecule has 0 aliphatic heterocycles. The van der Waals surface area contributed by atoms with Crippen molar-refractivity contribution in [2.24, 2.45) is 0 Å². The highest BCUT2D eigenvalue weighted by atomic mass is 16.3. The first-order chi connectivity index (χ1) is 13.6. The third kappa shape index (κ3) is 5.53. The third-order valence-electron chi connectivity index (χ3n) is 5.25. The molecule has 2 aromatic carbocycles. The summed E-state index contributed by atoms with van der Waals surface area (Å²) in [5, 5.41) is 19.8. The van der Waals surface area contributed by atoms with Gasteiger partial charge in [-0.05, 0) is 56.2 Å². The number of hydrogen-bond donors (Lipinski definition) is 2. The fourth-order valence-corrected chi connectivity index (χ4v) is 3.37. The standard InChI is InChI=1S/C26H32O4/c1-17(18-8-10-19(11-9-18)22(27)25(4,5)29)16-24(2,3)21-14-12-20(13-15-21)23(28)26(6,7)30/h8-15,29-30H,1,16H2,2-7H3. The van der Waals surface area contributed by atoms with Crippen LogP contribution in [-0.2, 0) is 5.41 Å². The minimum absolute atomic E-state index is 0.227. The molecule has 4 nitrogen and oxygen atoms in total. The normalized spacial score (nSPS) is 12.5. The Hall–Kier alpha value is -2.56. The van der Waals surface area contributed by atoms with E-state index < -0.39 is 11.2 Å². The third-order valence-corrected chi connectivity index (χ3v) is 5.25. The molecule has 0 unspecified atom stereocenters. The molecular weight excluding hydrogens is 376 g/mol. The maximum absolute atomic E-state index is 12.2. The molecule has 0 aliphatic rings. The van der Waals surface area contributed by atoms with E-state index in [1.165, 1.54) is 27.7 Å². The van der Waals surface area contributed by atoms with Gasteiger partial charge in [-0.15, -0.1) is 0 Å². The molecule has 2 N–H and O–H groups in total. The summed E-state index contributed by atoms with van der Waals surface area (Å²) in [6.07, 6.45) is 0.685. The molecule has 160 valence electrons. The molecule has 0 bridgehead atoms. The van der Waals surface area contributed by atoms with E-state index >= 15 is 0 Å². The Balaban J connectivity index is 2.16. The minimum atomic E-state index is -1.40.